The molecule has 0 radical (unpaired) electrons. The molecule has 0 fully saturated rings. The molecule has 2 aromatic carbocycles. The fourth-order valence-electron chi connectivity index (χ4n) is 4.80. The number of carbonyl (C=O) groups is 1. The van der Waals surface area contributed by atoms with Crippen LogP contribution in [0.5, 0.6) is 11.5 Å². The molecular weight excluding hydrogens is 516 g/mol. The standard InChI is InChI=1S/C34H50N2O3S/c1-2-3-4-5-6-7-8-9-10-11-12-13-14-15-25-38-32-20-22-33(23-21-32)39-28-34(37)35-31-18-16-30(17-19-31)27-36-24-26-40-29-36/h16-24,26H,2-15,25,27-29H2,1H3,(H,35,37). The van der Waals surface area contributed by atoms with Crippen LogP contribution >= 0.6 is 11.8 Å². The number of anilines is 1. The molecule has 5 nitrogen and oxygen atoms in total. The van der Waals surface area contributed by atoms with Gasteiger partial charge in [-0.25, -0.2) is 0 Å². The van der Waals surface area contributed by atoms with Gasteiger partial charge in [0.1, 0.15) is 11.5 Å². The molecule has 0 saturated heterocycles. The molecule has 2 aromatic rings. The Labute approximate surface area is 247 Å². The molecule has 1 amide bonds. The van der Waals surface area contributed by atoms with E-state index in [0.717, 1.165) is 36.9 Å². The summed E-state index contributed by atoms with van der Waals surface area (Å²) in [5.74, 6) is 2.31. The van der Waals surface area contributed by atoms with Gasteiger partial charge in [0.25, 0.3) is 5.91 Å². The van der Waals surface area contributed by atoms with Gasteiger partial charge in [-0.2, -0.15) is 0 Å². The van der Waals surface area contributed by atoms with Crippen LogP contribution in [0, 0.1) is 0 Å². The van der Waals surface area contributed by atoms with Crippen molar-refractivity contribution in [1.82, 2.24) is 4.90 Å². The van der Waals surface area contributed by atoms with E-state index in [1.54, 1.807) is 11.8 Å². The highest BCUT2D eigenvalue weighted by Crippen LogP contribution is 2.20. The van der Waals surface area contributed by atoms with Crippen molar-refractivity contribution in [3.63, 3.8) is 0 Å². The molecule has 1 aliphatic heterocycles. The Hall–Kier alpha value is -2.60. The van der Waals surface area contributed by atoms with Crippen LogP contribution < -0.4 is 14.8 Å². The van der Waals surface area contributed by atoms with E-state index in [1.165, 1.54) is 89.0 Å². The quantitative estimate of drug-likeness (QED) is 0.144. The molecule has 1 N–H and O–H groups in total. The number of amides is 1. The fourth-order valence-corrected chi connectivity index (χ4v) is 5.52. The summed E-state index contributed by atoms with van der Waals surface area (Å²) in [7, 11) is 0. The van der Waals surface area contributed by atoms with E-state index >= 15 is 0 Å². The van der Waals surface area contributed by atoms with Gasteiger partial charge in [-0.1, -0.05) is 103 Å². The largest absolute Gasteiger partial charge is 0.494 e. The second kappa shape index (κ2) is 20.3. The second-order valence-electron chi connectivity index (χ2n) is 10.8. The molecule has 3 rings (SSSR count). The Kier molecular flexibility index (Phi) is 16.2. The SMILES string of the molecule is CCCCCCCCCCCCCCCCOc1ccc(OCC(=O)Nc2ccc(CN3C=CSC3)cc2)cc1. The van der Waals surface area contributed by atoms with E-state index in [2.05, 4.69) is 28.7 Å². The summed E-state index contributed by atoms with van der Waals surface area (Å²) >= 11 is 1.80. The number of rotatable bonds is 22. The summed E-state index contributed by atoms with van der Waals surface area (Å²) in [6.07, 6.45) is 21.1. The molecule has 0 unspecified atom stereocenters. The van der Waals surface area contributed by atoms with Crippen molar-refractivity contribution in [2.45, 2.75) is 103 Å². The highest BCUT2D eigenvalue weighted by Gasteiger charge is 2.07. The van der Waals surface area contributed by atoms with Crippen LogP contribution in [0.2, 0.25) is 0 Å². The number of unbranched alkanes of at least 4 members (excludes halogenated alkanes) is 13. The van der Waals surface area contributed by atoms with Gasteiger partial charge in [0.2, 0.25) is 0 Å². The number of nitrogens with zero attached hydrogens (tertiary/aromatic N) is 1. The lowest BCUT2D eigenvalue weighted by atomic mass is 10.0. The number of ether oxygens (including phenoxy) is 2. The number of carbonyl (C=O) groups excluding carboxylic acids is 1. The van der Waals surface area contributed by atoms with Crippen molar-refractivity contribution < 1.29 is 14.3 Å². The number of thioether (sulfide) groups is 1. The first-order valence-corrected chi connectivity index (χ1v) is 16.5. The maximum Gasteiger partial charge on any atom is 0.262 e. The minimum atomic E-state index is -0.176. The van der Waals surface area contributed by atoms with Crippen molar-refractivity contribution >= 4 is 23.4 Å². The van der Waals surface area contributed by atoms with Gasteiger partial charge >= 0.3 is 0 Å². The van der Waals surface area contributed by atoms with Gasteiger partial charge < -0.3 is 19.7 Å². The third-order valence-electron chi connectivity index (χ3n) is 7.19. The number of hydrogen-bond acceptors (Lipinski definition) is 5. The monoisotopic (exact) mass is 566 g/mol. The van der Waals surface area contributed by atoms with E-state index in [0.29, 0.717) is 5.75 Å². The van der Waals surface area contributed by atoms with E-state index in [4.69, 9.17) is 9.47 Å². The van der Waals surface area contributed by atoms with Crippen molar-refractivity contribution in [3.05, 3.63) is 65.7 Å². The summed E-state index contributed by atoms with van der Waals surface area (Å²) in [4.78, 5) is 14.6. The first kappa shape index (κ1) is 31.9. The Morgan fingerprint density at radius 3 is 1.85 bits per heavy atom. The van der Waals surface area contributed by atoms with Gasteiger partial charge in [0.15, 0.2) is 6.61 Å². The molecule has 1 heterocycles. The van der Waals surface area contributed by atoms with Crippen LogP contribution in [-0.2, 0) is 11.3 Å². The van der Waals surface area contributed by atoms with E-state index in [1.807, 2.05) is 48.5 Å². The lowest BCUT2D eigenvalue weighted by molar-refractivity contribution is -0.118. The van der Waals surface area contributed by atoms with Crippen molar-refractivity contribution in [2.75, 3.05) is 24.4 Å². The van der Waals surface area contributed by atoms with Crippen LogP contribution in [-0.4, -0.2) is 29.9 Å². The average Bonchev–Trinajstić information content (AvgIpc) is 3.49. The van der Waals surface area contributed by atoms with Gasteiger partial charge in [-0.05, 0) is 53.8 Å². The number of hydrogen-bond donors (Lipinski definition) is 1. The van der Waals surface area contributed by atoms with E-state index in [9.17, 15) is 4.79 Å². The highest BCUT2D eigenvalue weighted by atomic mass is 32.2. The lowest BCUT2D eigenvalue weighted by Gasteiger charge is -2.15. The summed E-state index contributed by atoms with van der Waals surface area (Å²) in [5, 5.41) is 5.00. The summed E-state index contributed by atoms with van der Waals surface area (Å²) in [6.45, 7) is 3.87. The van der Waals surface area contributed by atoms with Gasteiger partial charge in [0, 0.05) is 18.4 Å². The third kappa shape index (κ3) is 14.2. The van der Waals surface area contributed by atoms with Crippen LogP contribution in [0.15, 0.2) is 60.1 Å². The summed E-state index contributed by atoms with van der Waals surface area (Å²) in [5.41, 5.74) is 1.99. The Morgan fingerprint density at radius 2 is 1.30 bits per heavy atom. The molecule has 0 atom stereocenters. The Balaban J connectivity index is 1.16. The number of benzene rings is 2. The average molecular weight is 567 g/mol. The zero-order chi connectivity index (χ0) is 28.1. The predicted octanol–water partition coefficient (Wildman–Crippen LogP) is 9.54. The Bertz CT molecular complexity index is 962. The topological polar surface area (TPSA) is 50.8 Å². The Morgan fingerprint density at radius 1 is 0.750 bits per heavy atom. The molecule has 0 aliphatic carbocycles. The van der Waals surface area contributed by atoms with Crippen LogP contribution in [0.3, 0.4) is 0 Å². The molecule has 6 heteroatoms. The summed E-state index contributed by atoms with van der Waals surface area (Å²) in [6, 6.07) is 15.5. The smallest absolute Gasteiger partial charge is 0.262 e. The van der Waals surface area contributed by atoms with Crippen LogP contribution in [0.1, 0.15) is 102 Å². The predicted molar refractivity (Wildman–Crippen MR) is 170 cm³/mol. The van der Waals surface area contributed by atoms with Crippen LogP contribution in [0.25, 0.3) is 0 Å². The molecule has 0 bridgehead atoms. The second-order valence-corrected chi connectivity index (χ2v) is 11.6. The van der Waals surface area contributed by atoms with Crippen molar-refractivity contribution in [3.8, 4) is 11.5 Å². The third-order valence-corrected chi connectivity index (χ3v) is 7.99. The fraction of sp³-hybridized carbons (Fsp3) is 0.559. The van der Waals surface area contributed by atoms with Gasteiger partial charge in [-0.15, -0.1) is 11.8 Å². The molecular formula is C34H50N2O3S. The molecule has 0 aromatic heterocycles. The van der Waals surface area contributed by atoms with Crippen LogP contribution in [0.4, 0.5) is 5.69 Å². The van der Waals surface area contributed by atoms with Crippen molar-refractivity contribution in [1.29, 1.82) is 0 Å². The van der Waals surface area contributed by atoms with E-state index in [-0.39, 0.29) is 12.5 Å². The zero-order valence-electron chi connectivity index (χ0n) is 24.6. The first-order valence-electron chi connectivity index (χ1n) is 15.5. The highest BCUT2D eigenvalue weighted by molar-refractivity contribution is 8.02. The maximum atomic E-state index is 12.3. The minimum absolute atomic E-state index is 0.0310. The minimum Gasteiger partial charge on any atom is -0.494 e. The lowest BCUT2D eigenvalue weighted by Crippen LogP contribution is -2.20. The molecule has 1 aliphatic rings. The number of nitrogens with one attached hydrogen (secondary N) is 1. The van der Waals surface area contributed by atoms with E-state index < -0.39 is 0 Å². The molecule has 220 valence electrons. The maximum absolute atomic E-state index is 12.3. The molecule has 0 spiro atoms. The van der Waals surface area contributed by atoms with Gasteiger partial charge in [0.05, 0.1) is 12.5 Å². The zero-order valence-corrected chi connectivity index (χ0v) is 25.4. The molecule has 0 saturated carbocycles. The normalized spacial score (nSPS) is 12.6. The first-order chi connectivity index (χ1) is 19.7. The van der Waals surface area contributed by atoms with Gasteiger partial charge in [-0.3, -0.25) is 4.79 Å². The summed E-state index contributed by atoms with van der Waals surface area (Å²) < 4.78 is 11.5. The van der Waals surface area contributed by atoms with Crippen molar-refractivity contribution in [2.24, 2.45) is 0 Å². The molecule has 40 heavy (non-hydrogen) atoms.